The number of aryl methyl sites for hydroxylation is 1. The standard InChI is InChI=1S/C18H24N4O2/c1-13-4-6-14(7-5-13)11-22-17(8-9-19-22)20-18(23)16-10-15(24-3)12-21(16)2/h4-9,15-16H,10-12H2,1-3H3,(H,20,23)/t15-,16-/m0/s1. The topological polar surface area (TPSA) is 59.4 Å². The van der Waals surface area contributed by atoms with Crippen LogP contribution in [0.4, 0.5) is 5.82 Å². The molecule has 1 N–H and O–H groups in total. The first-order valence-corrected chi connectivity index (χ1v) is 8.18. The third-order valence-electron chi connectivity index (χ3n) is 4.57. The summed E-state index contributed by atoms with van der Waals surface area (Å²) in [6.07, 6.45) is 2.54. The van der Waals surface area contributed by atoms with Gasteiger partial charge in [-0.3, -0.25) is 9.69 Å². The lowest BCUT2D eigenvalue weighted by Crippen LogP contribution is -2.37. The van der Waals surface area contributed by atoms with Crippen molar-refractivity contribution in [2.75, 3.05) is 26.0 Å². The molecule has 3 rings (SSSR count). The molecule has 1 aliphatic heterocycles. The lowest BCUT2D eigenvalue weighted by atomic mass is 10.1. The first-order chi connectivity index (χ1) is 11.6. The minimum atomic E-state index is -0.169. The van der Waals surface area contributed by atoms with Crippen LogP contribution < -0.4 is 5.32 Å². The van der Waals surface area contributed by atoms with Gasteiger partial charge in [-0.25, -0.2) is 4.68 Å². The van der Waals surface area contributed by atoms with E-state index in [2.05, 4.69) is 41.6 Å². The zero-order valence-electron chi connectivity index (χ0n) is 14.4. The van der Waals surface area contributed by atoms with E-state index in [1.165, 1.54) is 5.56 Å². The van der Waals surface area contributed by atoms with E-state index in [-0.39, 0.29) is 18.1 Å². The maximum Gasteiger partial charge on any atom is 0.242 e. The highest BCUT2D eigenvalue weighted by atomic mass is 16.5. The number of nitrogens with zero attached hydrogens (tertiary/aromatic N) is 3. The second kappa shape index (κ2) is 7.15. The Morgan fingerprint density at radius 1 is 1.33 bits per heavy atom. The van der Waals surface area contributed by atoms with Gasteiger partial charge in [0.25, 0.3) is 0 Å². The fourth-order valence-electron chi connectivity index (χ4n) is 3.07. The van der Waals surface area contributed by atoms with Gasteiger partial charge in [0.05, 0.1) is 24.9 Å². The fraction of sp³-hybridized carbons (Fsp3) is 0.444. The van der Waals surface area contributed by atoms with Crippen molar-refractivity contribution in [3.63, 3.8) is 0 Å². The van der Waals surface area contributed by atoms with Crippen LogP contribution in [0.1, 0.15) is 17.5 Å². The van der Waals surface area contributed by atoms with Crippen LogP contribution in [0.5, 0.6) is 0 Å². The van der Waals surface area contributed by atoms with Crippen molar-refractivity contribution in [3.8, 4) is 0 Å². The lowest BCUT2D eigenvalue weighted by Gasteiger charge is -2.18. The molecule has 0 unspecified atom stereocenters. The summed E-state index contributed by atoms with van der Waals surface area (Å²) in [5.74, 6) is 0.706. The van der Waals surface area contributed by atoms with E-state index in [1.807, 2.05) is 22.7 Å². The fourth-order valence-corrected chi connectivity index (χ4v) is 3.07. The van der Waals surface area contributed by atoms with Crippen LogP contribution in [0.2, 0.25) is 0 Å². The highest BCUT2D eigenvalue weighted by Crippen LogP contribution is 2.20. The molecular formula is C18H24N4O2. The number of carbonyl (C=O) groups is 1. The number of carbonyl (C=O) groups excluding carboxylic acids is 1. The largest absolute Gasteiger partial charge is 0.380 e. The summed E-state index contributed by atoms with van der Waals surface area (Å²) in [7, 11) is 3.64. The number of hydrogen-bond donors (Lipinski definition) is 1. The second-order valence-corrected chi connectivity index (χ2v) is 6.40. The van der Waals surface area contributed by atoms with Crippen molar-refractivity contribution in [1.29, 1.82) is 0 Å². The van der Waals surface area contributed by atoms with Gasteiger partial charge in [-0.05, 0) is 26.0 Å². The van der Waals surface area contributed by atoms with Gasteiger partial charge in [-0.15, -0.1) is 0 Å². The number of aromatic nitrogens is 2. The van der Waals surface area contributed by atoms with Crippen molar-refractivity contribution in [3.05, 3.63) is 47.7 Å². The number of likely N-dealkylation sites (tertiary alicyclic amines) is 1. The molecule has 2 atom stereocenters. The summed E-state index contributed by atoms with van der Waals surface area (Å²) in [6.45, 7) is 3.47. The number of ether oxygens (including phenoxy) is 1. The average molecular weight is 328 g/mol. The monoisotopic (exact) mass is 328 g/mol. The Morgan fingerprint density at radius 3 is 2.75 bits per heavy atom. The van der Waals surface area contributed by atoms with E-state index in [1.54, 1.807) is 13.3 Å². The quantitative estimate of drug-likeness (QED) is 0.911. The van der Waals surface area contributed by atoms with E-state index in [0.29, 0.717) is 13.0 Å². The number of nitrogens with one attached hydrogen (secondary N) is 1. The summed E-state index contributed by atoms with van der Waals surface area (Å²) in [5.41, 5.74) is 2.38. The Labute approximate surface area is 142 Å². The number of rotatable bonds is 5. The number of hydrogen-bond acceptors (Lipinski definition) is 4. The molecule has 0 saturated carbocycles. The molecule has 2 heterocycles. The van der Waals surface area contributed by atoms with Crippen LogP contribution in [-0.4, -0.2) is 53.4 Å². The summed E-state index contributed by atoms with van der Waals surface area (Å²) in [5, 5.41) is 7.33. The number of amides is 1. The van der Waals surface area contributed by atoms with Crippen LogP contribution in [0.15, 0.2) is 36.5 Å². The summed E-state index contributed by atoms with van der Waals surface area (Å²) < 4.78 is 7.18. The first-order valence-electron chi connectivity index (χ1n) is 8.18. The number of anilines is 1. The normalized spacial score (nSPS) is 21.1. The lowest BCUT2D eigenvalue weighted by molar-refractivity contribution is -0.120. The minimum absolute atomic E-state index is 0.0114. The van der Waals surface area contributed by atoms with Crippen molar-refractivity contribution < 1.29 is 9.53 Å². The zero-order chi connectivity index (χ0) is 17.1. The molecule has 24 heavy (non-hydrogen) atoms. The highest BCUT2D eigenvalue weighted by molar-refractivity contribution is 5.94. The van der Waals surface area contributed by atoms with E-state index in [4.69, 9.17) is 4.74 Å². The van der Waals surface area contributed by atoms with E-state index in [9.17, 15) is 4.79 Å². The number of methoxy groups -OCH3 is 1. The van der Waals surface area contributed by atoms with Gasteiger partial charge in [0.1, 0.15) is 5.82 Å². The number of benzene rings is 1. The molecule has 0 bridgehead atoms. The molecule has 0 spiro atoms. The minimum Gasteiger partial charge on any atom is -0.380 e. The Morgan fingerprint density at radius 2 is 2.08 bits per heavy atom. The average Bonchev–Trinajstić information content (AvgIpc) is 3.16. The van der Waals surface area contributed by atoms with Gasteiger partial charge in [0.15, 0.2) is 0 Å². The molecule has 1 aromatic heterocycles. The predicted molar refractivity (Wildman–Crippen MR) is 93.0 cm³/mol. The SMILES string of the molecule is CO[C@H]1C[C@@H](C(=O)Nc2ccnn2Cc2ccc(C)cc2)N(C)C1. The molecule has 1 amide bonds. The van der Waals surface area contributed by atoms with Crippen LogP contribution >= 0.6 is 0 Å². The Balaban J connectivity index is 1.67. The molecule has 6 nitrogen and oxygen atoms in total. The molecular weight excluding hydrogens is 304 g/mol. The summed E-state index contributed by atoms with van der Waals surface area (Å²) in [6, 6.07) is 9.98. The molecule has 1 aromatic carbocycles. The van der Waals surface area contributed by atoms with Crippen molar-refractivity contribution in [1.82, 2.24) is 14.7 Å². The Bertz CT molecular complexity index is 695. The van der Waals surface area contributed by atoms with Gasteiger partial charge in [-0.1, -0.05) is 29.8 Å². The summed E-state index contributed by atoms with van der Waals surface area (Å²) in [4.78, 5) is 14.6. The Hall–Kier alpha value is -2.18. The maximum absolute atomic E-state index is 12.6. The molecule has 1 fully saturated rings. The third-order valence-corrected chi connectivity index (χ3v) is 4.57. The molecule has 0 aliphatic carbocycles. The summed E-state index contributed by atoms with van der Waals surface area (Å²) >= 11 is 0. The first kappa shape index (κ1) is 16.7. The van der Waals surface area contributed by atoms with Crippen LogP contribution in [0.25, 0.3) is 0 Å². The van der Waals surface area contributed by atoms with Crippen LogP contribution in [0.3, 0.4) is 0 Å². The van der Waals surface area contributed by atoms with Crippen molar-refractivity contribution in [2.24, 2.45) is 0 Å². The van der Waals surface area contributed by atoms with Gasteiger partial charge >= 0.3 is 0 Å². The van der Waals surface area contributed by atoms with E-state index < -0.39 is 0 Å². The molecule has 2 aromatic rings. The molecule has 1 aliphatic rings. The van der Waals surface area contributed by atoms with E-state index >= 15 is 0 Å². The van der Waals surface area contributed by atoms with Crippen molar-refractivity contribution in [2.45, 2.75) is 32.0 Å². The van der Waals surface area contributed by atoms with Crippen LogP contribution in [-0.2, 0) is 16.1 Å². The van der Waals surface area contributed by atoms with E-state index in [0.717, 1.165) is 17.9 Å². The van der Waals surface area contributed by atoms with Crippen molar-refractivity contribution >= 4 is 11.7 Å². The van der Waals surface area contributed by atoms with Gasteiger partial charge < -0.3 is 10.1 Å². The molecule has 128 valence electrons. The zero-order valence-corrected chi connectivity index (χ0v) is 14.4. The van der Waals surface area contributed by atoms with Crippen LogP contribution in [0, 0.1) is 6.92 Å². The Kier molecular flexibility index (Phi) is 4.97. The van der Waals surface area contributed by atoms with Gasteiger partial charge in [0, 0.05) is 19.7 Å². The maximum atomic E-state index is 12.6. The second-order valence-electron chi connectivity index (χ2n) is 6.40. The predicted octanol–water partition coefficient (Wildman–Crippen LogP) is 1.90. The number of likely N-dealkylation sites (N-methyl/N-ethyl adjacent to an activating group) is 1. The van der Waals surface area contributed by atoms with Gasteiger partial charge in [0.2, 0.25) is 5.91 Å². The third kappa shape index (κ3) is 3.66. The molecule has 6 heteroatoms. The highest BCUT2D eigenvalue weighted by Gasteiger charge is 2.34. The molecule has 1 saturated heterocycles. The molecule has 0 radical (unpaired) electrons. The van der Waals surface area contributed by atoms with Gasteiger partial charge in [-0.2, -0.15) is 5.10 Å². The smallest absolute Gasteiger partial charge is 0.242 e.